The number of methoxy groups -OCH3 is 1. The topological polar surface area (TPSA) is 85.7 Å². The number of nitrogens with zero attached hydrogens (tertiary/aromatic N) is 2. The molecule has 0 bridgehead atoms. The van der Waals surface area contributed by atoms with Crippen molar-refractivity contribution >= 4 is 21.8 Å². The molecule has 1 aromatic carbocycles. The second kappa shape index (κ2) is 8.92. The van der Waals surface area contributed by atoms with E-state index in [4.69, 9.17) is 4.74 Å². The molecule has 0 N–H and O–H groups in total. The van der Waals surface area contributed by atoms with Crippen molar-refractivity contribution in [1.82, 2.24) is 8.87 Å². The van der Waals surface area contributed by atoms with Crippen LogP contribution in [0.5, 0.6) is 0 Å². The first kappa shape index (κ1) is 22.8. The summed E-state index contributed by atoms with van der Waals surface area (Å²) in [5, 5.41) is 0. The van der Waals surface area contributed by atoms with Gasteiger partial charge in [0.25, 0.3) is 0 Å². The van der Waals surface area contributed by atoms with Crippen LogP contribution in [0.3, 0.4) is 0 Å². The van der Waals surface area contributed by atoms with Crippen LogP contribution in [0.15, 0.2) is 29.2 Å². The number of rotatable bonds is 8. The molecule has 158 valence electrons. The fourth-order valence-electron chi connectivity index (χ4n) is 3.41. The number of sulfonamides is 1. The number of carbonyl (C=O) groups excluding carboxylic acids is 2. The van der Waals surface area contributed by atoms with E-state index in [9.17, 15) is 18.0 Å². The lowest BCUT2D eigenvalue weighted by molar-refractivity contribution is 0.0588. The van der Waals surface area contributed by atoms with Crippen LogP contribution in [0.25, 0.3) is 0 Å². The average Bonchev–Trinajstić information content (AvgIpc) is 2.89. The van der Waals surface area contributed by atoms with Gasteiger partial charge in [-0.25, -0.2) is 13.2 Å². The molecule has 1 aromatic heterocycles. The van der Waals surface area contributed by atoms with Crippen molar-refractivity contribution in [1.29, 1.82) is 0 Å². The van der Waals surface area contributed by atoms with E-state index in [-0.39, 0.29) is 29.5 Å². The first-order valence-corrected chi connectivity index (χ1v) is 10.8. The Kier molecular flexibility index (Phi) is 7.02. The molecule has 0 spiro atoms. The van der Waals surface area contributed by atoms with Crippen molar-refractivity contribution in [2.45, 2.75) is 39.0 Å². The Morgan fingerprint density at radius 3 is 2.21 bits per heavy atom. The molecule has 0 saturated carbocycles. The van der Waals surface area contributed by atoms with E-state index in [0.717, 1.165) is 5.56 Å². The zero-order chi connectivity index (χ0) is 21.9. The third-order valence-corrected chi connectivity index (χ3v) is 6.90. The van der Waals surface area contributed by atoms with Gasteiger partial charge in [-0.2, -0.15) is 4.31 Å². The Morgan fingerprint density at radius 1 is 1.10 bits per heavy atom. The van der Waals surface area contributed by atoms with Crippen LogP contribution < -0.4 is 0 Å². The molecule has 0 unspecified atom stereocenters. The summed E-state index contributed by atoms with van der Waals surface area (Å²) in [4.78, 5) is 25.3. The molecule has 0 atom stereocenters. The molecule has 0 aliphatic rings. The molecule has 1 heterocycles. The van der Waals surface area contributed by atoms with Gasteiger partial charge in [-0.3, -0.25) is 4.79 Å². The van der Waals surface area contributed by atoms with Gasteiger partial charge < -0.3 is 9.30 Å². The summed E-state index contributed by atoms with van der Waals surface area (Å²) in [5.74, 6) is -0.889. The van der Waals surface area contributed by atoms with Gasteiger partial charge in [0.2, 0.25) is 10.0 Å². The summed E-state index contributed by atoms with van der Waals surface area (Å²) in [7, 11) is -0.860. The van der Waals surface area contributed by atoms with Crippen LogP contribution in [-0.2, 0) is 21.8 Å². The van der Waals surface area contributed by atoms with Crippen molar-refractivity contribution < 1.29 is 22.7 Å². The zero-order valence-corrected chi connectivity index (χ0v) is 18.6. The summed E-state index contributed by atoms with van der Waals surface area (Å²) in [6, 6.07) is 6.55. The first-order chi connectivity index (χ1) is 13.6. The smallest absolute Gasteiger partial charge is 0.354 e. The van der Waals surface area contributed by atoms with Gasteiger partial charge in [0.1, 0.15) is 5.69 Å². The summed E-state index contributed by atoms with van der Waals surface area (Å²) < 4.78 is 33.8. The highest BCUT2D eigenvalue weighted by molar-refractivity contribution is 7.89. The lowest BCUT2D eigenvalue weighted by Crippen LogP contribution is -2.36. The highest BCUT2D eigenvalue weighted by Crippen LogP contribution is 2.24. The third-order valence-electron chi connectivity index (χ3n) is 5.04. The Bertz CT molecular complexity index is 1020. The van der Waals surface area contributed by atoms with Crippen LogP contribution in [0.4, 0.5) is 0 Å². The molecule has 0 radical (unpaired) electrons. The number of benzene rings is 1. The number of hydrogen-bond acceptors (Lipinski definition) is 5. The largest absolute Gasteiger partial charge is 0.464 e. The van der Waals surface area contributed by atoms with Crippen LogP contribution >= 0.6 is 0 Å². The third kappa shape index (κ3) is 4.43. The van der Waals surface area contributed by atoms with E-state index in [0.29, 0.717) is 23.2 Å². The summed E-state index contributed by atoms with van der Waals surface area (Å²) in [6.45, 7) is 7.06. The Balaban J connectivity index is 2.43. The van der Waals surface area contributed by atoms with Crippen LogP contribution in [0.2, 0.25) is 0 Å². The van der Waals surface area contributed by atoms with Crippen molar-refractivity contribution in [2.24, 2.45) is 7.05 Å². The maximum absolute atomic E-state index is 13.1. The SMILES string of the molecule is CCCN(CC(=O)c1c(C)c(C(=O)OC)n(C)c1C)S(=O)(=O)c1ccc(C)cc1. The molecule has 0 aliphatic heterocycles. The molecule has 29 heavy (non-hydrogen) atoms. The highest BCUT2D eigenvalue weighted by Gasteiger charge is 2.30. The van der Waals surface area contributed by atoms with E-state index >= 15 is 0 Å². The van der Waals surface area contributed by atoms with E-state index in [1.54, 1.807) is 49.7 Å². The molecule has 0 saturated heterocycles. The number of ether oxygens (including phenoxy) is 1. The van der Waals surface area contributed by atoms with Crippen molar-refractivity contribution in [3.63, 3.8) is 0 Å². The van der Waals surface area contributed by atoms with E-state index < -0.39 is 16.0 Å². The van der Waals surface area contributed by atoms with Gasteiger partial charge in [-0.1, -0.05) is 24.6 Å². The fraction of sp³-hybridized carbons (Fsp3) is 0.429. The minimum absolute atomic E-state index is 0.154. The van der Waals surface area contributed by atoms with E-state index in [1.807, 2.05) is 13.8 Å². The molecule has 2 aromatic rings. The summed E-state index contributed by atoms with van der Waals surface area (Å²) in [5.41, 5.74) is 2.68. The zero-order valence-electron chi connectivity index (χ0n) is 17.8. The second-order valence-corrected chi connectivity index (χ2v) is 9.00. The number of hydrogen-bond donors (Lipinski definition) is 0. The summed E-state index contributed by atoms with van der Waals surface area (Å²) in [6.07, 6.45) is 0.568. The predicted molar refractivity (Wildman–Crippen MR) is 111 cm³/mol. The highest BCUT2D eigenvalue weighted by atomic mass is 32.2. The van der Waals surface area contributed by atoms with Gasteiger partial charge in [0.15, 0.2) is 5.78 Å². The van der Waals surface area contributed by atoms with Gasteiger partial charge in [-0.05, 0) is 44.9 Å². The van der Waals surface area contributed by atoms with Gasteiger partial charge in [0, 0.05) is 24.8 Å². The molecule has 0 aliphatic carbocycles. The predicted octanol–water partition coefficient (Wildman–Crippen LogP) is 3.02. The Morgan fingerprint density at radius 2 is 1.69 bits per heavy atom. The Labute approximate surface area is 172 Å². The van der Waals surface area contributed by atoms with Crippen molar-refractivity contribution in [3.05, 3.63) is 52.3 Å². The Hall–Kier alpha value is -2.45. The molecule has 7 nitrogen and oxygen atoms in total. The maximum Gasteiger partial charge on any atom is 0.354 e. The number of ketones is 1. The first-order valence-electron chi connectivity index (χ1n) is 9.40. The van der Waals surface area contributed by atoms with E-state index in [1.165, 1.54) is 11.4 Å². The van der Waals surface area contributed by atoms with Gasteiger partial charge in [-0.15, -0.1) is 0 Å². The summed E-state index contributed by atoms with van der Waals surface area (Å²) >= 11 is 0. The lowest BCUT2D eigenvalue weighted by Gasteiger charge is -2.21. The molecule has 8 heteroatoms. The van der Waals surface area contributed by atoms with Gasteiger partial charge in [0.05, 0.1) is 18.6 Å². The molecule has 0 fully saturated rings. The normalized spacial score (nSPS) is 11.7. The van der Waals surface area contributed by atoms with Gasteiger partial charge >= 0.3 is 5.97 Å². The number of aryl methyl sites for hydroxylation is 1. The standard InChI is InChI=1S/C21H28N2O5S/c1-7-12-23(29(26,27)17-10-8-14(2)9-11-17)13-18(24)19-15(3)20(21(25)28-6)22(5)16(19)4/h8-11H,7,12-13H2,1-6H3. The van der Waals surface area contributed by atoms with E-state index in [2.05, 4.69) is 0 Å². The fourth-order valence-corrected chi connectivity index (χ4v) is 4.89. The molecule has 2 rings (SSSR count). The number of carbonyl (C=O) groups is 2. The minimum Gasteiger partial charge on any atom is -0.464 e. The average molecular weight is 421 g/mol. The monoisotopic (exact) mass is 420 g/mol. The quantitative estimate of drug-likeness (QED) is 0.484. The van der Waals surface area contributed by atoms with Crippen molar-refractivity contribution in [2.75, 3.05) is 20.2 Å². The minimum atomic E-state index is -3.82. The van der Waals surface area contributed by atoms with Crippen LogP contribution in [-0.4, -0.2) is 49.2 Å². The van der Waals surface area contributed by atoms with Crippen LogP contribution in [0.1, 0.15) is 51.0 Å². The second-order valence-electron chi connectivity index (χ2n) is 7.06. The molecular formula is C21H28N2O5S. The maximum atomic E-state index is 13.1. The lowest BCUT2D eigenvalue weighted by atomic mass is 10.1. The number of aromatic nitrogens is 1. The van der Waals surface area contributed by atoms with Crippen molar-refractivity contribution in [3.8, 4) is 0 Å². The molecule has 0 amide bonds. The number of esters is 1. The van der Waals surface area contributed by atoms with Crippen LogP contribution in [0, 0.1) is 20.8 Å². The number of Topliss-reactive ketones (excluding diaryl/α,β-unsaturated/α-hetero) is 1. The molecular weight excluding hydrogens is 392 g/mol.